The SMILES string of the molecule is CC(C)CCNc1ccnc(Nc2ccc(C(C)C)cc2)n1. The van der Waals surface area contributed by atoms with Crippen molar-refractivity contribution in [2.45, 2.75) is 40.0 Å². The topological polar surface area (TPSA) is 49.8 Å². The molecule has 2 rings (SSSR count). The van der Waals surface area contributed by atoms with Crippen LogP contribution in [-0.2, 0) is 0 Å². The van der Waals surface area contributed by atoms with Crippen molar-refractivity contribution < 1.29 is 0 Å². The number of hydrogen-bond acceptors (Lipinski definition) is 4. The second-order valence-corrected chi connectivity index (χ2v) is 6.28. The zero-order chi connectivity index (χ0) is 15.9. The average molecular weight is 298 g/mol. The Balaban J connectivity index is 1.97. The Morgan fingerprint density at radius 2 is 1.73 bits per heavy atom. The highest BCUT2D eigenvalue weighted by molar-refractivity contribution is 5.55. The fourth-order valence-corrected chi connectivity index (χ4v) is 2.09. The Kier molecular flexibility index (Phi) is 5.75. The standard InChI is InChI=1S/C18H26N4/c1-13(2)9-11-19-17-10-12-20-18(22-17)21-16-7-5-15(6-8-16)14(3)4/h5-8,10,12-14H,9,11H2,1-4H3,(H2,19,20,21,22). The van der Waals surface area contributed by atoms with Crippen molar-refractivity contribution in [3.8, 4) is 0 Å². The third kappa shape index (κ3) is 5.02. The van der Waals surface area contributed by atoms with Crippen molar-refractivity contribution in [2.75, 3.05) is 17.2 Å². The molecule has 4 heteroatoms. The van der Waals surface area contributed by atoms with Gasteiger partial charge in [0.25, 0.3) is 0 Å². The Morgan fingerprint density at radius 1 is 1.00 bits per heavy atom. The molecule has 0 amide bonds. The van der Waals surface area contributed by atoms with Crippen LogP contribution in [0.3, 0.4) is 0 Å². The summed E-state index contributed by atoms with van der Waals surface area (Å²) in [5, 5.41) is 6.58. The molecule has 0 radical (unpaired) electrons. The van der Waals surface area contributed by atoms with Crippen molar-refractivity contribution in [1.29, 1.82) is 0 Å². The van der Waals surface area contributed by atoms with Crippen molar-refractivity contribution in [1.82, 2.24) is 9.97 Å². The van der Waals surface area contributed by atoms with E-state index < -0.39 is 0 Å². The molecule has 118 valence electrons. The molecular weight excluding hydrogens is 272 g/mol. The van der Waals surface area contributed by atoms with Crippen LogP contribution >= 0.6 is 0 Å². The Labute approximate surface area is 133 Å². The predicted molar refractivity (Wildman–Crippen MR) is 93.8 cm³/mol. The van der Waals surface area contributed by atoms with E-state index in [2.05, 4.69) is 72.6 Å². The monoisotopic (exact) mass is 298 g/mol. The highest BCUT2D eigenvalue weighted by atomic mass is 15.1. The first kappa shape index (κ1) is 16.3. The summed E-state index contributed by atoms with van der Waals surface area (Å²) in [4.78, 5) is 8.76. The van der Waals surface area contributed by atoms with Gasteiger partial charge in [-0.25, -0.2) is 4.98 Å². The molecule has 1 aromatic carbocycles. The quantitative estimate of drug-likeness (QED) is 0.770. The molecule has 2 aromatic rings. The van der Waals surface area contributed by atoms with Gasteiger partial charge in [0, 0.05) is 18.4 Å². The largest absolute Gasteiger partial charge is 0.370 e. The van der Waals surface area contributed by atoms with Gasteiger partial charge >= 0.3 is 0 Å². The van der Waals surface area contributed by atoms with E-state index in [0.717, 1.165) is 24.5 Å². The maximum Gasteiger partial charge on any atom is 0.229 e. The maximum atomic E-state index is 4.49. The summed E-state index contributed by atoms with van der Waals surface area (Å²) >= 11 is 0. The average Bonchev–Trinajstić information content (AvgIpc) is 2.48. The summed E-state index contributed by atoms with van der Waals surface area (Å²) in [6.07, 6.45) is 2.90. The van der Waals surface area contributed by atoms with Crippen molar-refractivity contribution in [3.05, 3.63) is 42.1 Å². The fraction of sp³-hybridized carbons (Fsp3) is 0.444. The van der Waals surface area contributed by atoms with Crippen LogP contribution in [0.4, 0.5) is 17.5 Å². The summed E-state index contributed by atoms with van der Waals surface area (Å²) in [5.74, 6) is 2.70. The van der Waals surface area contributed by atoms with Gasteiger partial charge in [0.1, 0.15) is 5.82 Å². The molecule has 0 fully saturated rings. The summed E-state index contributed by atoms with van der Waals surface area (Å²) in [6.45, 7) is 9.75. The minimum absolute atomic E-state index is 0.541. The first-order valence-electron chi connectivity index (χ1n) is 7.98. The lowest BCUT2D eigenvalue weighted by atomic mass is 10.0. The van der Waals surface area contributed by atoms with E-state index in [1.807, 2.05) is 6.07 Å². The zero-order valence-electron chi connectivity index (χ0n) is 13.9. The molecule has 4 nitrogen and oxygen atoms in total. The van der Waals surface area contributed by atoms with Crippen LogP contribution in [0.15, 0.2) is 36.5 Å². The van der Waals surface area contributed by atoms with Crippen LogP contribution in [-0.4, -0.2) is 16.5 Å². The van der Waals surface area contributed by atoms with Gasteiger partial charge in [0.2, 0.25) is 5.95 Å². The first-order valence-corrected chi connectivity index (χ1v) is 7.98. The van der Waals surface area contributed by atoms with E-state index in [9.17, 15) is 0 Å². The number of aromatic nitrogens is 2. The molecule has 0 bridgehead atoms. The summed E-state index contributed by atoms with van der Waals surface area (Å²) in [7, 11) is 0. The fourth-order valence-electron chi connectivity index (χ4n) is 2.09. The predicted octanol–water partition coefficient (Wildman–Crippen LogP) is 4.80. The third-order valence-electron chi connectivity index (χ3n) is 3.52. The molecule has 0 aliphatic carbocycles. The van der Waals surface area contributed by atoms with Crippen LogP contribution in [0.2, 0.25) is 0 Å². The molecule has 0 spiro atoms. The van der Waals surface area contributed by atoms with Crippen LogP contribution in [0.5, 0.6) is 0 Å². The van der Waals surface area contributed by atoms with Gasteiger partial charge in [0.05, 0.1) is 0 Å². The van der Waals surface area contributed by atoms with Gasteiger partial charge in [-0.15, -0.1) is 0 Å². The molecule has 1 aromatic heterocycles. The van der Waals surface area contributed by atoms with Gasteiger partial charge in [-0.1, -0.05) is 39.8 Å². The molecule has 0 unspecified atom stereocenters. The third-order valence-corrected chi connectivity index (χ3v) is 3.52. The Hall–Kier alpha value is -2.10. The minimum atomic E-state index is 0.541. The van der Waals surface area contributed by atoms with Gasteiger partial charge in [-0.2, -0.15) is 4.98 Å². The number of anilines is 3. The van der Waals surface area contributed by atoms with E-state index >= 15 is 0 Å². The Bertz CT molecular complexity index is 576. The number of nitrogens with one attached hydrogen (secondary N) is 2. The van der Waals surface area contributed by atoms with Crippen molar-refractivity contribution >= 4 is 17.5 Å². The van der Waals surface area contributed by atoms with Crippen molar-refractivity contribution in [2.24, 2.45) is 5.92 Å². The number of rotatable bonds is 7. The second kappa shape index (κ2) is 7.78. The molecule has 1 heterocycles. The van der Waals surface area contributed by atoms with Gasteiger partial charge < -0.3 is 10.6 Å². The first-order chi connectivity index (χ1) is 10.5. The number of hydrogen-bond donors (Lipinski definition) is 2. The van der Waals surface area contributed by atoms with E-state index in [1.54, 1.807) is 6.20 Å². The van der Waals surface area contributed by atoms with Gasteiger partial charge in [0.15, 0.2) is 0 Å². The van der Waals surface area contributed by atoms with Gasteiger partial charge in [-0.3, -0.25) is 0 Å². The molecule has 22 heavy (non-hydrogen) atoms. The lowest BCUT2D eigenvalue weighted by molar-refractivity contribution is 0.606. The minimum Gasteiger partial charge on any atom is -0.370 e. The molecular formula is C18H26N4. The highest BCUT2D eigenvalue weighted by Crippen LogP contribution is 2.19. The van der Waals surface area contributed by atoms with E-state index in [4.69, 9.17) is 0 Å². The van der Waals surface area contributed by atoms with E-state index in [-0.39, 0.29) is 0 Å². The molecule has 0 aliphatic heterocycles. The van der Waals surface area contributed by atoms with E-state index in [0.29, 0.717) is 17.8 Å². The molecule has 2 N–H and O–H groups in total. The van der Waals surface area contributed by atoms with Crippen LogP contribution in [0.25, 0.3) is 0 Å². The van der Waals surface area contributed by atoms with Gasteiger partial charge in [-0.05, 0) is 42.0 Å². The Morgan fingerprint density at radius 3 is 2.36 bits per heavy atom. The van der Waals surface area contributed by atoms with Crippen LogP contribution < -0.4 is 10.6 Å². The van der Waals surface area contributed by atoms with E-state index in [1.165, 1.54) is 5.56 Å². The highest BCUT2D eigenvalue weighted by Gasteiger charge is 2.02. The lowest BCUT2D eigenvalue weighted by Gasteiger charge is -2.10. The number of benzene rings is 1. The van der Waals surface area contributed by atoms with Crippen LogP contribution in [0.1, 0.15) is 45.6 Å². The number of nitrogens with zero attached hydrogens (tertiary/aromatic N) is 2. The lowest BCUT2D eigenvalue weighted by Crippen LogP contribution is -2.07. The molecule has 0 aliphatic rings. The smallest absolute Gasteiger partial charge is 0.229 e. The second-order valence-electron chi connectivity index (χ2n) is 6.28. The summed E-state index contributed by atoms with van der Waals surface area (Å²) < 4.78 is 0. The maximum absolute atomic E-state index is 4.49. The normalized spacial score (nSPS) is 11.0. The zero-order valence-corrected chi connectivity index (χ0v) is 13.9. The molecule has 0 atom stereocenters. The van der Waals surface area contributed by atoms with Crippen molar-refractivity contribution in [3.63, 3.8) is 0 Å². The van der Waals surface area contributed by atoms with Crippen LogP contribution in [0, 0.1) is 5.92 Å². The summed E-state index contributed by atoms with van der Waals surface area (Å²) in [6, 6.07) is 10.3. The molecule has 0 saturated carbocycles. The molecule has 0 saturated heterocycles. The summed E-state index contributed by atoms with van der Waals surface area (Å²) in [5.41, 5.74) is 2.33.